The first-order chi connectivity index (χ1) is 14.0. The molecule has 7 heteroatoms. The second-order valence-electron chi connectivity index (χ2n) is 7.66. The maximum atomic E-state index is 13.4. The van der Waals surface area contributed by atoms with E-state index in [0.717, 1.165) is 43.0 Å². The number of carboxylic acid groups (broad SMARTS) is 1. The molecule has 0 aliphatic heterocycles. The van der Waals surface area contributed by atoms with Gasteiger partial charge in [0.2, 0.25) is 0 Å². The molecule has 0 spiro atoms. The predicted octanol–water partition coefficient (Wildman–Crippen LogP) is 0.970. The van der Waals surface area contributed by atoms with Crippen molar-refractivity contribution in [2.75, 3.05) is 0 Å². The van der Waals surface area contributed by atoms with Crippen molar-refractivity contribution in [3.05, 3.63) is 64.7 Å². The molecule has 1 aliphatic rings. The van der Waals surface area contributed by atoms with Crippen molar-refractivity contribution >= 4 is 40.1 Å². The fourth-order valence-electron chi connectivity index (χ4n) is 4.04. The number of rotatable bonds is 6. The van der Waals surface area contributed by atoms with Gasteiger partial charge in [-0.25, -0.2) is 0 Å². The number of nitrogens with zero attached hydrogens (tertiary/aromatic N) is 2. The fourth-order valence-corrected chi connectivity index (χ4v) is 4.56. The number of Topliss-reactive ketones (excluding diaryl/α,β-unsaturated/α-hetero) is 1. The largest absolute Gasteiger partial charge is 1.00 e. The van der Waals surface area contributed by atoms with E-state index in [0.29, 0.717) is 40.1 Å². The van der Waals surface area contributed by atoms with Crippen molar-refractivity contribution in [2.45, 2.75) is 39.0 Å². The number of benzene rings is 2. The van der Waals surface area contributed by atoms with Gasteiger partial charge in [-0.3, -0.25) is 4.79 Å². The van der Waals surface area contributed by atoms with Crippen LogP contribution in [0.2, 0.25) is 0 Å². The van der Waals surface area contributed by atoms with Crippen LogP contribution in [0.5, 0.6) is 0 Å². The number of carbonyl (C=O) groups is 2. The van der Waals surface area contributed by atoms with Gasteiger partial charge in [0, 0.05) is 16.7 Å². The van der Waals surface area contributed by atoms with E-state index >= 15 is 0 Å². The van der Waals surface area contributed by atoms with Crippen LogP contribution in [0.25, 0.3) is 16.6 Å². The molecular weight excluding hydrogens is 407 g/mol. The molecule has 3 aromatic rings. The van der Waals surface area contributed by atoms with Crippen LogP contribution >= 0.6 is 11.7 Å². The van der Waals surface area contributed by atoms with Gasteiger partial charge in [0.1, 0.15) is 11.0 Å². The van der Waals surface area contributed by atoms with Crippen molar-refractivity contribution < 1.29 is 44.3 Å². The van der Waals surface area contributed by atoms with Gasteiger partial charge in [0.15, 0.2) is 5.78 Å². The molecule has 0 N–H and O–H groups in total. The number of aryl methyl sites for hydroxylation is 1. The number of carboxylic acids is 1. The Bertz CT molecular complexity index is 1100. The van der Waals surface area contributed by atoms with Gasteiger partial charge in [-0.05, 0) is 37.0 Å². The molecule has 0 unspecified atom stereocenters. The third kappa shape index (κ3) is 4.89. The van der Waals surface area contributed by atoms with Crippen molar-refractivity contribution in [3.63, 3.8) is 0 Å². The number of aromatic nitrogens is 2. The van der Waals surface area contributed by atoms with Gasteiger partial charge in [0.05, 0.1) is 17.7 Å². The van der Waals surface area contributed by atoms with Gasteiger partial charge in [0.25, 0.3) is 0 Å². The average Bonchev–Trinajstić information content (AvgIpc) is 3.38. The molecule has 0 atom stereocenters. The summed E-state index contributed by atoms with van der Waals surface area (Å²) >= 11 is 1.07. The third-order valence-corrected chi connectivity index (χ3v) is 6.16. The Labute approximate surface area is 201 Å². The molecule has 0 amide bonds. The quantitative estimate of drug-likeness (QED) is 0.332. The summed E-state index contributed by atoms with van der Waals surface area (Å²) in [6.07, 6.45) is 4.71. The normalized spacial score (nSPS) is 15.0. The first-order valence-electron chi connectivity index (χ1n) is 9.81. The third-order valence-electron chi connectivity index (χ3n) is 5.60. The van der Waals surface area contributed by atoms with Crippen molar-refractivity contribution in [2.24, 2.45) is 5.92 Å². The fraction of sp³-hybridized carbons (Fsp3) is 0.304. The van der Waals surface area contributed by atoms with E-state index in [-0.39, 0.29) is 40.9 Å². The van der Waals surface area contributed by atoms with Gasteiger partial charge in [-0.2, -0.15) is 8.75 Å². The van der Waals surface area contributed by atoms with Crippen molar-refractivity contribution in [1.29, 1.82) is 0 Å². The zero-order valence-corrected chi connectivity index (χ0v) is 20.0. The van der Waals surface area contributed by atoms with E-state index in [1.165, 1.54) is 0 Å². The summed E-state index contributed by atoms with van der Waals surface area (Å²) in [6.45, 7) is 1.95. The van der Waals surface area contributed by atoms with Crippen LogP contribution in [0.15, 0.2) is 48.0 Å². The van der Waals surface area contributed by atoms with Crippen molar-refractivity contribution in [3.8, 4) is 0 Å². The van der Waals surface area contributed by atoms with Gasteiger partial charge in [-0.1, -0.05) is 61.6 Å². The standard InChI is InChI=1S/C23H22N2O3S.Na/c1-14-6-8-16(9-7-14)22(26)18(12-15-4-2-3-5-15)21(23(27)28)17-10-11-19-20(13-17)25-29-24-19;/h6-11,13,15H,2-5,12H2,1H3,(H,27,28);/q;+1/p-1. The van der Waals surface area contributed by atoms with E-state index in [1.54, 1.807) is 30.3 Å². The summed E-state index contributed by atoms with van der Waals surface area (Å²) in [5, 5.41) is 12.2. The minimum atomic E-state index is -1.33. The molecule has 0 bridgehead atoms. The van der Waals surface area contributed by atoms with Crippen molar-refractivity contribution in [1.82, 2.24) is 8.75 Å². The summed E-state index contributed by atoms with van der Waals surface area (Å²) in [4.78, 5) is 25.6. The Balaban J connectivity index is 0.00000256. The first kappa shape index (κ1) is 22.8. The van der Waals surface area contributed by atoms with Gasteiger partial charge >= 0.3 is 29.6 Å². The molecule has 1 aromatic heterocycles. The van der Waals surface area contributed by atoms with E-state index in [4.69, 9.17) is 0 Å². The number of hydrogen-bond acceptors (Lipinski definition) is 6. The Morgan fingerprint density at radius 1 is 1.00 bits per heavy atom. The summed E-state index contributed by atoms with van der Waals surface area (Å²) in [5.41, 5.74) is 3.61. The molecule has 30 heavy (non-hydrogen) atoms. The molecular formula is C23H21N2NaO3S. The van der Waals surface area contributed by atoms with Crippen LogP contribution in [-0.2, 0) is 4.79 Å². The molecule has 148 valence electrons. The molecule has 4 rings (SSSR count). The van der Waals surface area contributed by atoms with E-state index in [9.17, 15) is 14.7 Å². The van der Waals surface area contributed by atoms with E-state index in [2.05, 4.69) is 8.75 Å². The van der Waals surface area contributed by atoms with E-state index in [1.807, 2.05) is 19.1 Å². The van der Waals surface area contributed by atoms with Crippen LogP contribution < -0.4 is 34.7 Å². The Hall–Kier alpha value is -1.86. The zero-order chi connectivity index (χ0) is 20.4. The molecule has 0 saturated heterocycles. The zero-order valence-electron chi connectivity index (χ0n) is 17.2. The number of fused-ring (bicyclic) bond motifs is 1. The first-order valence-corrected chi connectivity index (χ1v) is 10.5. The van der Waals surface area contributed by atoms with Crippen LogP contribution in [0.1, 0.15) is 53.6 Å². The number of aliphatic carboxylic acids is 1. The molecule has 0 radical (unpaired) electrons. The summed E-state index contributed by atoms with van der Waals surface area (Å²) in [5.74, 6) is -1.26. The minimum absolute atomic E-state index is 0. The summed E-state index contributed by atoms with van der Waals surface area (Å²) in [7, 11) is 0. The monoisotopic (exact) mass is 428 g/mol. The summed E-state index contributed by atoms with van der Waals surface area (Å²) < 4.78 is 8.37. The molecule has 1 heterocycles. The number of ketones is 1. The Morgan fingerprint density at radius 2 is 1.63 bits per heavy atom. The molecule has 1 aliphatic carbocycles. The second-order valence-corrected chi connectivity index (χ2v) is 8.19. The Morgan fingerprint density at radius 3 is 2.30 bits per heavy atom. The smallest absolute Gasteiger partial charge is 0.545 e. The number of carbonyl (C=O) groups excluding carboxylic acids is 2. The van der Waals surface area contributed by atoms with Crippen LogP contribution in [0.4, 0.5) is 0 Å². The molecule has 5 nitrogen and oxygen atoms in total. The number of hydrogen-bond donors (Lipinski definition) is 0. The van der Waals surface area contributed by atoms with E-state index < -0.39 is 5.97 Å². The molecule has 2 aromatic carbocycles. The second kappa shape index (κ2) is 9.96. The van der Waals surface area contributed by atoms with Crippen LogP contribution in [0, 0.1) is 12.8 Å². The number of allylic oxidation sites excluding steroid dienone is 1. The topological polar surface area (TPSA) is 83.0 Å². The molecule has 1 fully saturated rings. The molecule has 1 saturated carbocycles. The van der Waals surface area contributed by atoms with Crippen LogP contribution in [0.3, 0.4) is 0 Å². The van der Waals surface area contributed by atoms with Gasteiger partial charge in [-0.15, -0.1) is 0 Å². The SMILES string of the molecule is Cc1ccc(C(=O)C(CC2CCCC2)=C(C(=O)[O-])c2ccc3nsnc3c2)cc1.[Na+]. The summed E-state index contributed by atoms with van der Waals surface area (Å²) in [6, 6.07) is 12.4. The van der Waals surface area contributed by atoms with Crippen LogP contribution in [-0.4, -0.2) is 20.5 Å². The maximum absolute atomic E-state index is 13.4. The Kier molecular flexibility index (Phi) is 7.58. The minimum Gasteiger partial charge on any atom is -0.545 e. The van der Waals surface area contributed by atoms with Gasteiger partial charge < -0.3 is 9.90 Å². The predicted molar refractivity (Wildman–Crippen MR) is 111 cm³/mol. The maximum Gasteiger partial charge on any atom is 1.00 e. The average molecular weight is 428 g/mol.